The Morgan fingerprint density at radius 2 is 2.23 bits per heavy atom. The number of methoxy groups -OCH3 is 1. The van der Waals surface area contributed by atoms with Crippen LogP contribution in [0.1, 0.15) is 24.8 Å². The summed E-state index contributed by atoms with van der Waals surface area (Å²) in [6.45, 7) is 2.13. The van der Waals surface area contributed by atoms with Gasteiger partial charge in [0.1, 0.15) is 6.04 Å². The van der Waals surface area contributed by atoms with Gasteiger partial charge in [0.15, 0.2) is 0 Å². The topological polar surface area (TPSA) is 61.9 Å². The lowest BCUT2D eigenvalue weighted by Gasteiger charge is -2.33. The van der Waals surface area contributed by atoms with E-state index in [-0.39, 0.29) is 30.0 Å². The number of ether oxygens (including phenoxy) is 1. The molecule has 0 aromatic heterocycles. The van der Waals surface area contributed by atoms with Crippen molar-refractivity contribution in [1.82, 2.24) is 15.1 Å². The Morgan fingerprint density at radius 3 is 2.96 bits per heavy atom. The maximum atomic E-state index is 12.8. The highest BCUT2D eigenvalue weighted by Crippen LogP contribution is 2.29. The highest BCUT2D eigenvalue weighted by molar-refractivity contribution is 6.30. The van der Waals surface area contributed by atoms with E-state index < -0.39 is 0 Å². The monoisotopic (exact) mass is 379 g/mol. The molecule has 26 heavy (non-hydrogen) atoms. The molecule has 142 valence electrons. The Hall–Kier alpha value is -1.63. The summed E-state index contributed by atoms with van der Waals surface area (Å²) in [6.07, 6.45) is 1.98. The molecule has 3 atom stereocenters. The van der Waals surface area contributed by atoms with E-state index in [9.17, 15) is 9.59 Å². The number of rotatable bonds is 5. The van der Waals surface area contributed by atoms with E-state index >= 15 is 0 Å². The van der Waals surface area contributed by atoms with Crippen molar-refractivity contribution in [2.24, 2.45) is 0 Å². The van der Waals surface area contributed by atoms with E-state index in [1.165, 1.54) is 7.11 Å². The van der Waals surface area contributed by atoms with Gasteiger partial charge in [0.25, 0.3) is 0 Å². The summed E-state index contributed by atoms with van der Waals surface area (Å²) in [5.74, 6) is -0.138. The summed E-state index contributed by atoms with van der Waals surface area (Å²) in [4.78, 5) is 28.7. The minimum atomic E-state index is -0.209. The number of amides is 1. The third-order valence-corrected chi connectivity index (χ3v) is 5.77. The van der Waals surface area contributed by atoms with Crippen LogP contribution in [-0.2, 0) is 20.9 Å². The van der Waals surface area contributed by atoms with E-state index in [2.05, 4.69) is 22.2 Å². The van der Waals surface area contributed by atoms with Crippen molar-refractivity contribution in [1.29, 1.82) is 0 Å². The number of halogens is 1. The van der Waals surface area contributed by atoms with Gasteiger partial charge in [-0.05, 0) is 37.6 Å². The number of fused-ring (bicyclic) bond motifs is 1. The zero-order valence-electron chi connectivity index (χ0n) is 15.3. The maximum Gasteiger partial charge on any atom is 0.305 e. The Kier molecular flexibility index (Phi) is 6.16. The predicted octanol–water partition coefficient (Wildman–Crippen LogP) is 1.67. The van der Waals surface area contributed by atoms with Gasteiger partial charge in [-0.15, -0.1) is 0 Å². The number of nitrogens with zero attached hydrogens (tertiary/aromatic N) is 2. The summed E-state index contributed by atoms with van der Waals surface area (Å²) in [6, 6.07) is 7.90. The van der Waals surface area contributed by atoms with Gasteiger partial charge in [-0.3, -0.25) is 19.4 Å². The molecule has 1 aromatic rings. The molecular weight excluding hydrogens is 354 g/mol. The zero-order valence-corrected chi connectivity index (χ0v) is 16.0. The number of carbonyl (C=O) groups excluding carboxylic acids is 2. The second-order valence-corrected chi connectivity index (χ2v) is 7.52. The number of likely N-dealkylation sites (N-methyl/N-ethyl adjacent to an activating group) is 1. The van der Waals surface area contributed by atoms with Gasteiger partial charge in [0.2, 0.25) is 5.91 Å². The van der Waals surface area contributed by atoms with Crippen molar-refractivity contribution in [3.63, 3.8) is 0 Å². The SMILES string of the molecule is COC(=O)CCC1CNC(=O)C2C(CCN2Cc2cccc(Cl)c2)N1C. The normalized spacial score (nSPS) is 26.9. The van der Waals surface area contributed by atoms with Crippen molar-refractivity contribution in [2.45, 2.75) is 43.9 Å². The Labute approximate surface area is 159 Å². The molecule has 6 nitrogen and oxygen atoms in total. The first kappa shape index (κ1) is 19.1. The molecule has 3 unspecified atom stereocenters. The molecule has 2 heterocycles. The van der Waals surface area contributed by atoms with Gasteiger partial charge >= 0.3 is 5.97 Å². The van der Waals surface area contributed by atoms with E-state index in [1.54, 1.807) is 0 Å². The van der Waals surface area contributed by atoms with Crippen LogP contribution in [0.5, 0.6) is 0 Å². The highest BCUT2D eigenvalue weighted by Gasteiger charge is 2.44. The van der Waals surface area contributed by atoms with Crippen molar-refractivity contribution < 1.29 is 14.3 Å². The molecule has 1 N–H and O–H groups in total. The number of nitrogens with one attached hydrogen (secondary N) is 1. The van der Waals surface area contributed by atoms with Crippen molar-refractivity contribution in [3.8, 4) is 0 Å². The van der Waals surface area contributed by atoms with Crippen molar-refractivity contribution >= 4 is 23.5 Å². The predicted molar refractivity (Wildman–Crippen MR) is 99.9 cm³/mol. The van der Waals surface area contributed by atoms with Crippen LogP contribution in [0.4, 0.5) is 0 Å². The van der Waals surface area contributed by atoms with Gasteiger partial charge in [-0.25, -0.2) is 0 Å². The Balaban J connectivity index is 1.70. The van der Waals surface area contributed by atoms with E-state index in [0.29, 0.717) is 31.0 Å². The molecule has 0 bridgehead atoms. The second kappa shape index (κ2) is 8.37. The van der Waals surface area contributed by atoms with Crippen LogP contribution in [0.3, 0.4) is 0 Å². The number of esters is 1. The van der Waals surface area contributed by atoms with Gasteiger partial charge in [0.05, 0.1) is 7.11 Å². The summed E-state index contributed by atoms with van der Waals surface area (Å²) >= 11 is 6.09. The standard InChI is InChI=1S/C19H26ClN3O3/c1-22-15(6-7-17(24)26-2)11-21-19(25)18-16(22)8-9-23(18)12-13-4-3-5-14(20)10-13/h3-5,10,15-16,18H,6-9,11-12H2,1-2H3,(H,21,25). The minimum absolute atomic E-state index is 0.0712. The first-order chi connectivity index (χ1) is 12.5. The molecule has 0 aliphatic carbocycles. The lowest BCUT2D eigenvalue weighted by molar-refractivity contribution is -0.141. The summed E-state index contributed by atoms with van der Waals surface area (Å²) < 4.78 is 4.74. The summed E-state index contributed by atoms with van der Waals surface area (Å²) in [5, 5.41) is 3.78. The first-order valence-electron chi connectivity index (χ1n) is 9.04. The fourth-order valence-corrected chi connectivity index (χ4v) is 4.30. The molecule has 1 aromatic carbocycles. The first-order valence-corrected chi connectivity index (χ1v) is 9.42. The molecule has 0 spiro atoms. The number of hydrogen-bond acceptors (Lipinski definition) is 5. The quantitative estimate of drug-likeness (QED) is 0.788. The number of carbonyl (C=O) groups is 2. The Morgan fingerprint density at radius 1 is 1.42 bits per heavy atom. The van der Waals surface area contributed by atoms with Gasteiger partial charge in [-0.2, -0.15) is 0 Å². The average Bonchev–Trinajstić information content (AvgIpc) is 2.99. The maximum absolute atomic E-state index is 12.8. The molecule has 0 radical (unpaired) electrons. The number of benzene rings is 1. The lowest BCUT2D eigenvalue weighted by atomic mass is 10.0. The zero-order chi connectivity index (χ0) is 18.7. The lowest BCUT2D eigenvalue weighted by Crippen LogP contribution is -2.49. The second-order valence-electron chi connectivity index (χ2n) is 7.08. The fourth-order valence-electron chi connectivity index (χ4n) is 4.08. The molecule has 3 rings (SSSR count). The van der Waals surface area contributed by atoms with Gasteiger partial charge < -0.3 is 10.1 Å². The smallest absolute Gasteiger partial charge is 0.305 e. The average molecular weight is 380 g/mol. The molecule has 2 saturated heterocycles. The fraction of sp³-hybridized carbons (Fsp3) is 0.579. The number of hydrogen-bond donors (Lipinski definition) is 1. The van der Waals surface area contributed by atoms with Crippen LogP contribution in [0.15, 0.2) is 24.3 Å². The third-order valence-electron chi connectivity index (χ3n) is 5.53. The van der Waals surface area contributed by atoms with E-state index in [4.69, 9.17) is 16.3 Å². The summed E-state index contributed by atoms with van der Waals surface area (Å²) in [7, 11) is 3.46. The molecule has 0 saturated carbocycles. The Bertz CT molecular complexity index is 669. The molecule has 2 fully saturated rings. The molecule has 2 aliphatic heterocycles. The van der Waals surface area contributed by atoms with Crippen LogP contribution in [0.2, 0.25) is 5.02 Å². The molecule has 1 amide bonds. The van der Waals surface area contributed by atoms with Gasteiger partial charge in [-0.1, -0.05) is 23.7 Å². The highest BCUT2D eigenvalue weighted by atomic mass is 35.5. The molecule has 2 aliphatic rings. The van der Waals surface area contributed by atoms with Crippen LogP contribution in [-0.4, -0.2) is 67.0 Å². The molecular formula is C19H26ClN3O3. The van der Waals surface area contributed by atoms with Gasteiger partial charge in [0, 0.05) is 43.2 Å². The molecule has 7 heteroatoms. The minimum Gasteiger partial charge on any atom is -0.469 e. The largest absolute Gasteiger partial charge is 0.469 e. The van der Waals surface area contributed by atoms with E-state index in [0.717, 1.165) is 18.5 Å². The van der Waals surface area contributed by atoms with Crippen LogP contribution >= 0.6 is 11.6 Å². The van der Waals surface area contributed by atoms with Crippen molar-refractivity contribution in [2.75, 3.05) is 27.2 Å². The van der Waals surface area contributed by atoms with Crippen LogP contribution in [0, 0.1) is 0 Å². The van der Waals surface area contributed by atoms with Crippen molar-refractivity contribution in [3.05, 3.63) is 34.9 Å². The van der Waals surface area contributed by atoms with Crippen LogP contribution in [0.25, 0.3) is 0 Å². The van der Waals surface area contributed by atoms with Crippen LogP contribution < -0.4 is 5.32 Å². The third kappa shape index (κ3) is 4.19. The summed E-state index contributed by atoms with van der Waals surface area (Å²) in [5.41, 5.74) is 1.11. The van der Waals surface area contributed by atoms with E-state index in [1.807, 2.05) is 24.3 Å². The number of likely N-dealkylation sites (tertiary alicyclic amines) is 1.